The van der Waals surface area contributed by atoms with Crippen LogP contribution < -0.4 is 9.47 Å². The molecule has 0 saturated carbocycles. The zero-order chi connectivity index (χ0) is 16.4. The van der Waals surface area contributed by atoms with E-state index < -0.39 is 0 Å². The van der Waals surface area contributed by atoms with Crippen LogP contribution in [0.25, 0.3) is 0 Å². The van der Waals surface area contributed by atoms with Crippen LogP contribution in [0.2, 0.25) is 0 Å². The molecule has 5 nitrogen and oxygen atoms in total. The molecular formula is C18H25NO4. The van der Waals surface area contributed by atoms with Gasteiger partial charge >= 0.3 is 0 Å². The summed E-state index contributed by atoms with van der Waals surface area (Å²) in [5, 5.41) is 0. The van der Waals surface area contributed by atoms with Crippen molar-refractivity contribution < 1.29 is 18.9 Å². The Morgan fingerprint density at radius 2 is 2.04 bits per heavy atom. The predicted molar refractivity (Wildman–Crippen MR) is 88.8 cm³/mol. The minimum Gasteiger partial charge on any atom is -0.493 e. The monoisotopic (exact) mass is 319 g/mol. The van der Waals surface area contributed by atoms with E-state index in [0.29, 0.717) is 13.2 Å². The summed E-state index contributed by atoms with van der Waals surface area (Å²) in [6, 6.07) is 4.19. The highest BCUT2D eigenvalue weighted by Crippen LogP contribution is 2.47. The second-order valence-corrected chi connectivity index (χ2v) is 6.77. The number of hydrogen-bond acceptors (Lipinski definition) is 5. The maximum atomic E-state index is 6.04. The highest BCUT2D eigenvalue weighted by atomic mass is 16.5. The summed E-state index contributed by atoms with van der Waals surface area (Å²) in [5.41, 5.74) is 2.24. The first-order chi connectivity index (χ1) is 11.1. The Hall–Kier alpha value is -1.59. The van der Waals surface area contributed by atoms with Gasteiger partial charge in [-0.05, 0) is 17.7 Å². The summed E-state index contributed by atoms with van der Waals surface area (Å²) >= 11 is 0. The van der Waals surface area contributed by atoms with Crippen LogP contribution in [-0.2, 0) is 9.47 Å². The van der Waals surface area contributed by atoms with Gasteiger partial charge in [-0.25, -0.2) is 0 Å². The average Bonchev–Trinajstić information content (AvgIpc) is 2.86. The lowest BCUT2D eigenvalue weighted by Crippen LogP contribution is -2.29. The first-order valence-electron chi connectivity index (χ1n) is 8.05. The third-order valence-corrected chi connectivity index (χ3v) is 4.52. The van der Waals surface area contributed by atoms with Gasteiger partial charge in [-0.3, -0.25) is 4.99 Å². The van der Waals surface area contributed by atoms with Crippen molar-refractivity contribution >= 4 is 6.21 Å². The molecule has 2 atom stereocenters. The van der Waals surface area contributed by atoms with Gasteiger partial charge in [0.15, 0.2) is 11.5 Å². The Morgan fingerprint density at radius 1 is 1.22 bits per heavy atom. The Balaban J connectivity index is 1.87. The standard InChI is InChI=1S/C18H25NO4/c1-18(2)11-23-16-13-9-15(22-7-5-6-20-3)14(21-4)8-12(13)10-19-17(16)18/h8-10,16-17H,5-7,11H2,1-4H3/t16-,17+/m1/s1. The van der Waals surface area contributed by atoms with Crippen LogP contribution in [0.1, 0.15) is 37.5 Å². The molecule has 1 aromatic carbocycles. The summed E-state index contributed by atoms with van der Waals surface area (Å²) < 4.78 is 22.5. The summed E-state index contributed by atoms with van der Waals surface area (Å²) in [5.74, 6) is 1.48. The molecule has 1 saturated heterocycles. The quantitative estimate of drug-likeness (QED) is 0.756. The van der Waals surface area contributed by atoms with E-state index in [1.165, 1.54) is 0 Å². The van der Waals surface area contributed by atoms with Gasteiger partial charge in [0.1, 0.15) is 6.10 Å². The number of aliphatic imine (C=N–C) groups is 1. The van der Waals surface area contributed by atoms with Crippen molar-refractivity contribution in [1.82, 2.24) is 0 Å². The van der Waals surface area contributed by atoms with Crippen LogP contribution in [0.3, 0.4) is 0 Å². The number of benzene rings is 1. The van der Waals surface area contributed by atoms with E-state index in [4.69, 9.17) is 23.9 Å². The number of ether oxygens (including phenoxy) is 4. The van der Waals surface area contributed by atoms with Gasteiger partial charge in [0, 0.05) is 37.3 Å². The fraction of sp³-hybridized carbons (Fsp3) is 0.611. The van der Waals surface area contributed by atoms with Crippen molar-refractivity contribution in [3.63, 3.8) is 0 Å². The van der Waals surface area contributed by atoms with Crippen LogP contribution >= 0.6 is 0 Å². The largest absolute Gasteiger partial charge is 0.493 e. The molecule has 0 spiro atoms. The lowest BCUT2D eigenvalue weighted by Gasteiger charge is -2.29. The van der Waals surface area contributed by atoms with E-state index in [1.807, 2.05) is 18.3 Å². The number of fused-ring (bicyclic) bond motifs is 3. The third-order valence-electron chi connectivity index (χ3n) is 4.52. The van der Waals surface area contributed by atoms with Gasteiger partial charge < -0.3 is 18.9 Å². The molecule has 126 valence electrons. The van der Waals surface area contributed by atoms with Gasteiger partial charge in [0.2, 0.25) is 0 Å². The summed E-state index contributed by atoms with van der Waals surface area (Å²) in [7, 11) is 3.35. The second-order valence-electron chi connectivity index (χ2n) is 6.77. The molecule has 0 radical (unpaired) electrons. The van der Waals surface area contributed by atoms with E-state index in [-0.39, 0.29) is 17.6 Å². The summed E-state index contributed by atoms with van der Waals surface area (Å²) in [4.78, 5) is 4.71. The average molecular weight is 319 g/mol. The number of nitrogens with zero attached hydrogens (tertiary/aromatic N) is 1. The topological polar surface area (TPSA) is 49.3 Å². The number of hydrogen-bond donors (Lipinski definition) is 0. The minimum absolute atomic E-state index is 0.00256. The Kier molecular flexibility index (Phi) is 4.60. The predicted octanol–water partition coefficient (Wildman–Crippen LogP) is 3.01. The molecule has 0 unspecified atom stereocenters. The minimum atomic E-state index is -0.00256. The lowest BCUT2D eigenvalue weighted by atomic mass is 9.81. The molecule has 3 rings (SSSR count). The van der Waals surface area contributed by atoms with Crippen LogP contribution in [0.5, 0.6) is 11.5 Å². The zero-order valence-electron chi connectivity index (χ0n) is 14.3. The first kappa shape index (κ1) is 16.3. The van der Waals surface area contributed by atoms with Crippen molar-refractivity contribution in [1.29, 1.82) is 0 Å². The number of rotatable bonds is 6. The fourth-order valence-corrected chi connectivity index (χ4v) is 3.20. The van der Waals surface area contributed by atoms with Crippen LogP contribution in [-0.4, -0.2) is 46.3 Å². The van der Waals surface area contributed by atoms with Crippen molar-refractivity contribution in [2.75, 3.05) is 34.0 Å². The highest BCUT2D eigenvalue weighted by molar-refractivity contribution is 5.85. The van der Waals surface area contributed by atoms with Gasteiger partial charge in [0.25, 0.3) is 0 Å². The van der Waals surface area contributed by atoms with Crippen molar-refractivity contribution in [2.24, 2.45) is 10.4 Å². The molecule has 0 aromatic heterocycles. The molecule has 0 amide bonds. The lowest BCUT2D eigenvalue weighted by molar-refractivity contribution is 0.0962. The molecular weight excluding hydrogens is 294 g/mol. The van der Waals surface area contributed by atoms with Gasteiger partial charge in [-0.15, -0.1) is 0 Å². The van der Waals surface area contributed by atoms with E-state index in [1.54, 1.807) is 14.2 Å². The van der Waals surface area contributed by atoms with Gasteiger partial charge in [-0.2, -0.15) is 0 Å². The Labute approximate surface area is 137 Å². The molecule has 0 bridgehead atoms. The molecule has 0 aliphatic carbocycles. The van der Waals surface area contributed by atoms with Crippen molar-refractivity contribution in [3.8, 4) is 11.5 Å². The molecule has 1 aromatic rings. The van der Waals surface area contributed by atoms with Crippen molar-refractivity contribution in [3.05, 3.63) is 23.3 Å². The van der Waals surface area contributed by atoms with Gasteiger partial charge in [0.05, 0.1) is 26.4 Å². The normalized spacial score (nSPS) is 24.2. The highest BCUT2D eigenvalue weighted by Gasteiger charge is 2.46. The fourth-order valence-electron chi connectivity index (χ4n) is 3.20. The SMILES string of the molecule is COCCCOc1cc2c(cc1OC)C=N[C@H]1[C@@H]2OCC1(C)C. The molecule has 2 heterocycles. The van der Waals surface area contributed by atoms with E-state index in [2.05, 4.69) is 13.8 Å². The van der Waals surface area contributed by atoms with Crippen LogP contribution in [0.15, 0.2) is 17.1 Å². The van der Waals surface area contributed by atoms with Crippen LogP contribution in [0, 0.1) is 5.41 Å². The van der Waals surface area contributed by atoms with E-state index >= 15 is 0 Å². The van der Waals surface area contributed by atoms with E-state index in [9.17, 15) is 0 Å². The maximum Gasteiger partial charge on any atom is 0.161 e. The van der Waals surface area contributed by atoms with Gasteiger partial charge in [-0.1, -0.05) is 13.8 Å². The second kappa shape index (κ2) is 6.49. The molecule has 2 aliphatic heterocycles. The zero-order valence-corrected chi connectivity index (χ0v) is 14.3. The molecule has 5 heteroatoms. The third kappa shape index (κ3) is 3.08. The smallest absolute Gasteiger partial charge is 0.161 e. The van der Waals surface area contributed by atoms with Crippen molar-refractivity contribution in [2.45, 2.75) is 32.4 Å². The summed E-state index contributed by atoms with van der Waals surface area (Å²) in [6.07, 6.45) is 2.77. The van der Waals surface area contributed by atoms with Crippen LogP contribution in [0.4, 0.5) is 0 Å². The molecule has 2 aliphatic rings. The van der Waals surface area contributed by atoms with E-state index in [0.717, 1.165) is 35.7 Å². The Bertz CT molecular complexity index is 597. The first-order valence-corrected chi connectivity index (χ1v) is 8.05. The maximum absolute atomic E-state index is 6.04. The summed E-state index contributed by atoms with van der Waals surface area (Å²) in [6.45, 7) is 6.39. The molecule has 1 fully saturated rings. The number of methoxy groups -OCH3 is 2. The molecule has 23 heavy (non-hydrogen) atoms. The molecule has 0 N–H and O–H groups in total. The Morgan fingerprint density at radius 3 is 2.78 bits per heavy atom.